The van der Waals surface area contributed by atoms with Crippen molar-refractivity contribution in [3.05, 3.63) is 11.7 Å². The van der Waals surface area contributed by atoms with Gasteiger partial charge < -0.3 is 9.42 Å². The predicted octanol–water partition coefficient (Wildman–Crippen LogP) is 2.30. The Balaban J connectivity index is 1.76. The largest absolute Gasteiger partial charge is 0.338 e. The molecule has 2 fully saturated rings. The van der Waals surface area contributed by atoms with Gasteiger partial charge in [0.15, 0.2) is 5.82 Å². The zero-order valence-corrected chi connectivity index (χ0v) is 13.8. The summed E-state index contributed by atoms with van der Waals surface area (Å²) in [4.78, 5) is 21.1. The standard InChI is InChI=1S/C16H26N4O2/c1-4-15(21)20-10-6-8-14(20)13-7-5-9-19(13)11(2)16-17-12(3)18-22-16/h11,13-14H,4-10H2,1-3H3. The number of nitrogens with zero attached hydrogens (tertiary/aromatic N) is 4. The van der Waals surface area contributed by atoms with Crippen molar-refractivity contribution >= 4 is 5.91 Å². The van der Waals surface area contributed by atoms with E-state index in [4.69, 9.17) is 4.52 Å². The van der Waals surface area contributed by atoms with Gasteiger partial charge in [-0.2, -0.15) is 4.98 Å². The molecule has 1 aromatic rings. The van der Waals surface area contributed by atoms with Gasteiger partial charge in [0, 0.05) is 25.0 Å². The Morgan fingerprint density at radius 1 is 1.32 bits per heavy atom. The van der Waals surface area contributed by atoms with Crippen molar-refractivity contribution in [1.29, 1.82) is 0 Å². The quantitative estimate of drug-likeness (QED) is 0.854. The van der Waals surface area contributed by atoms with Crippen LogP contribution in [0, 0.1) is 6.92 Å². The molecule has 2 saturated heterocycles. The number of carbonyl (C=O) groups is 1. The number of aromatic nitrogens is 2. The lowest BCUT2D eigenvalue weighted by atomic mass is 10.0. The third-order valence-electron chi connectivity index (χ3n) is 5.11. The molecule has 1 amide bonds. The van der Waals surface area contributed by atoms with Gasteiger partial charge in [-0.05, 0) is 46.1 Å². The van der Waals surface area contributed by atoms with Crippen molar-refractivity contribution < 1.29 is 9.32 Å². The van der Waals surface area contributed by atoms with Crippen molar-refractivity contribution in [3.8, 4) is 0 Å². The molecule has 2 aliphatic rings. The van der Waals surface area contributed by atoms with Crippen LogP contribution in [-0.4, -0.2) is 51.0 Å². The molecular weight excluding hydrogens is 280 g/mol. The summed E-state index contributed by atoms with van der Waals surface area (Å²) in [5.41, 5.74) is 0. The normalized spacial score (nSPS) is 27.5. The van der Waals surface area contributed by atoms with Crippen LogP contribution in [0.3, 0.4) is 0 Å². The summed E-state index contributed by atoms with van der Waals surface area (Å²) in [6.07, 6.45) is 5.15. The number of likely N-dealkylation sites (tertiary alicyclic amines) is 2. The van der Waals surface area contributed by atoms with Gasteiger partial charge in [0.25, 0.3) is 0 Å². The van der Waals surface area contributed by atoms with E-state index in [1.54, 1.807) is 0 Å². The van der Waals surface area contributed by atoms with Crippen LogP contribution < -0.4 is 0 Å². The van der Waals surface area contributed by atoms with Crippen molar-refractivity contribution in [1.82, 2.24) is 19.9 Å². The van der Waals surface area contributed by atoms with Crippen LogP contribution in [-0.2, 0) is 4.79 Å². The number of aryl methyl sites for hydroxylation is 1. The molecule has 0 bridgehead atoms. The van der Waals surface area contributed by atoms with Crippen LogP contribution in [0.5, 0.6) is 0 Å². The summed E-state index contributed by atoms with van der Waals surface area (Å²) in [5, 5.41) is 3.91. The SMILES string of the molecule is CCC(=O)N1CCCC1C1CCCN1C(C)c1nc(C)no1. The fraction of sp³-hybridized carbons (Fsp3) is 0.812. The van der Waals surface area contributed by atoms with Crippen LogP contribution in [0.4, 0.5) is 0 Å². The molecule has 0 aromatic carbocycles. The molecule has 0 spiro atoms. The van der Waals surface area contributed by atoms with Crippen LogP contribution in [0.2, 0.25) is 0 Å². The summed E-state index contributed by atoms with van der Waals surface area (Å²) >= 11 is 0. The Hall–Kier alpha value is -1.43. The van der Waals surface area contributed by atoms with Crippen molar-refractivity contribution in [2.75, 3.05) is 13.1 Å². The number of carbonyl (C=O) groups excluding carboxylic acids is 1. The zero-order chi connectivity index (χ0) is 15.7. The van der Waals surface area contributed by atoms with Crippen molar-refractivity contribution in [2.45, 2.75) is 71.0 Å². The lowest BCUT2D eigenvalue weighted by Crippen LogP contribution is -2.48. The first-order valence-electron chi connectivity index (χ1n) is 8.47. The highest BCUT2D eigenvalue weighted by Crippen LogP contribution is 2.35. The Morgan fingerprint density at radius 3 is 2.73 bits per heavy atom. The molecule has 22 heavy (non-hydrogen) atoms. The minimum atomic E-state index is 0.118. The van der Waals surface area contributed by atoms with Crippen LogP contribution in [0.1, 0.15) is 63.7 Å². The maximum absolute atomic E-state index is 12.2. The summed E-state index contributed by atoms with van der Waals surface area (Å²) in [6.45, 7) is 7.88. The Morgan fingerprint density at radius 2 is 2.05 bits per heavy atom. The van der Waals surface area contributed by atoms with Crippen molar-refractivity contribution in [2.24, 2.45) is 0 Å². The molecule has 3 heterocycles. The molecule has 0 radical (unpaired) electrons. The molecule has 122 valence electrons. The maximum Gasteiger partial charge on any atom is 0.243 e. The average molecular weight is 306 g/mol. The minimum Gasteiger partial charge on any atom is -0.338 e. The Bertz CT molecular complexity index is 530. The maximum atomic E-state index is 12.2. The molecule has 0 saturated carbocycles. The molecule has 3 rings (SSSR count). The van der Waals surface area contributed by atoms with Gasteiger partial charge in [0.1, 0.15) is 0 Å². The van der Waals surface area contributed by atoms with Crippen LogP contribution in [0.15, 0.2) is 4.52 Å². The van der Waals surface area contributed by atoms with E-state index in [1.807, 2.05) is 13.8 Å². The lowest BCUT2D eigenvalue weighted by Gasteiger charge is -2.36. The molecule has 6 heteroatoms. The van der Waals surface area contributed by atoms with Gasteiger partial charge in [-0.15, -0.1) is 0 Å². The second-order valence-corrected chi connectivity index (χ2v) is 6.45. The summed E-state index contributed by atoms with van der Waals surface area (Å²) in [7, 11) is 0. The molecule has 1 aromatic heterocycles. The molecule has 3 unspecified atom stereocenters. The van der Waals surface area contributed by atoms with E-state index in [1.165, 1.54) is 6.42 Å². The zero-order valence-electron chi connectivity index (χ0n) is 13.8. The second-order valence-electron chi connectivity index (χ2n) is 6.45. The van der Waals surface area contributed by atoms with Gasteiger partial charge in [-0.1, -0.05) is 12.1 Å². The molecule has 2 aliphatic heterocycles. The van der Waals surface area contributed by atoms with E-state index in [0.717, 1.165) is 32.4 Å². The summed E-state index contributed by atoms with van der Waals surface area (Å²) in [6, 6.07) is 0.884. The average Bonchev–Trinajstić information content (AvgIpc) is 3.24. The highest BCUT2D eigenvalue weighted by molar-refractivity contribution is 5.76. The molecule has 0 aliphatic carbocycles. The Kier molecular flexibility index (Phi) is 4.47. The van der Waals surface area contributed by atoms with E-state index < -0.39 is 0 Å². The molecular formula is C16H26N4O2. The van der Waals surface area contributed by atoms with Gasteiger partial charge in [0.2, 0.25) is 11.8 Å². The number of hydrogen-bond donors (Lipinski definition) is 0. The lowest BCUT2D eigenvalue weighted by molar-refractivity contribution is -0.132. The van der Waals surface area contributed by atoms with Gasteiger partial charge in [-0.25, -0.2) is 0 Å². The topological polar surface area (TPSA) is 62.5 Å². The van der Waals surface area contributed by atoms with Gasteiger partial charge >= 0.3 is 0 Å². The molecule has 0 N–H and O–H groups in total. The molecule has 3 atom stereocenters. The summed E-state index contributed by atoms with van der Waals surface area (Å²) in [5.74, 6) is 1.66. The Labute approximate surface area is 131 Å². The van der Waals surface area contributed by atoms with E-state index in [9.17, 15) is 4.79 Å². The third-order valence-corrected chi connectivity index (χ3v) is 5.11. The fourth-order valence-electron chi connectivity index (χ4n) is 4.04. The molecule has 6 nitrogen and oxygen atoms in total. The number of amides is 1. The highest BCUT2D eigenvalue weighted by Gasteiger charge is 2.41. The number of rotatable bonds is 4. The smallest absolute Gasteiger partial charge is 0.243 e. The van der Waals surface area contributed by atoms with E-state index in [-0.39, 0.29) is 11.9 Å². The van der Waals surface area contributed by atoms with Gasteiger partial charge in [-0.3, -0.25) is 9.69 Å². The van der Waals surface area contributed by atoms with Crippen LogP contribution >= 0.6 is 0 Å². The fourth-order valence-corrected chi connectivity index (χ4v) is 4.04. The van der Waals surface area contributed by atoms with Crippen molar-refractivity contribution in [3.63, 3.8) is 0 Å². The first kappa shape index (κ1) is 15.5. The van der Waals surface area contributed by atoms with E-state index in [0.29, 0.717) is 30.2 Å². The third kappa shape index (κ3) is 2.76. The van der Waals surface area contributed by atoms with E-state index in [2.05, 4.69) is 26.9 Å². The minimum absolute atomic E-state index is 0.118. The first-order chi connectivity index (χ1) is 10.6. The first-order valence-corrected chi connectivity index (χ1v) is 8.47. The predicted molar refractivity (Wildman–Crippen MR) is 82.2 cm³/mol. The monoisotopic (exact) mass is 306 g/mol. The number of hydrogen-bond acceptors (Lipinski definition) is 5. The highest BCUT2D eigenvalue weighted by atomic mass is 16.5. The van der Waals surface area contributed by atoms with Gasteiger partial charge in [0.05, 0.1) is 6.04 Å². The summed E-state index contributed by atoms with van der Waals surface area (Å²) < 4.78 is 5.36. The van der Waals surface area contributed by atoms with E-state index >= 15 is 0 Å². The van der Waals surface area contributed by atoms with Crippen LogP contribution in [0.25, 0.3) is 0 Å². The second kappa shape index (κ2) is 6.36.